The topological polar surface area (TPSA) is 30.7 Å². The van der Waals surface area contributed by atoms with Gasteiger partial charge >= 0.3 is 0 Å². The first kappa shape index (κ1) is 14.7. The lowest BCUT2D eigenvalue weighted by Crippen LogP contribution is -2.31. The fourth-order valence-electron chi connectivity index (χ4n) is 2.80. The Bertz CT molecular complexity index is 451. The van der Waals surface area contributed by atoms with Crippen molar-refractivity contribution in [3.05, 3.63) is 11.6 Å². The van der Waals surface area contributed by atoms with Crippen LogP contribution in [0.5, 0.6) is 0 Å². The van der Waals surface area contributed by atoms with E-state index in [1.807, 2.05) is 25.3 Å². The molecule has 1 unspecified atom stereocenters. The highest BCUT2D eigenvalue weighted by Gasteiger charge is 2.40. The van der Waals surface area contributed by atoms with Gasteiger partial charge in [-0.2, -0.15) is 0 Å². The van der Waals surface area contributed by atoms with Crippen molar-refractivity contribution in [1.29, 1.82) is 0 Å². The molecule has 1 aromatic heterocycles. The number of alkyl halides is 3. The van der Waals surface area contributed by atoms with E-state index in [1.165, 1.54) is 0 Å². The Kier molecular flexibility index (Phi) is 3.87. The Labute approximate surface area is 117 Å². The van der Waals surface area contributed by atoms with Crippen molar-refractivity contribution in [3.8, 4) is 0 Å². The average Bonchev–Trinajstić information content (AvgIpc) is 2.70. The standard InChI is InChI=1S/C13H20ClF2N3/c1-12(2,3)19-10(8-14)17-18-11(19)9-5-4-6-13(15,16)7-9/h9H,4-8H2,1-3H3. The summed E-state index contributed by atoms with van der Waals surface area (Å²) in [7, 11) is 0. The largest absolute Gasteiger partial charge is 0.308 e. The van der Waals surface area contributed by atoms with Gasteiger partial charge in [0.2, 0.25) is 5.92 Å². The molecular weight excluding hydrogens is 272 g/mol. The molecule has 1 heterocycles. The zero-order valence-electron chi connectivity index (χ0n) is 11.6. The SMILES string of the molecule is CC(C)(C)n1c(CCl)nnc1C1CCCC(F)(F)C1. The number of rotatable bonds is 2. The number of hydrogen-bond acceptors (Lipinski definition) is 2. The van der Waals surface area contributed by atoms with Crippen molar-refractivity contribution < 1.29 is 8.78 Å². The second-order valence-electron chi connectivity index (χ2n) is 6.26. The van der Waals surface area contributed by atoms with Gasteiger partial charge in [0.15, 0.2) is 0 Å². The molecule has 1 fully saturated rings. The summed E-state index contributed by atoms with van der Waals surface area (Å²) >= 11 is 5.87. The van der Waals surface area contributed by atoms with Crippen molar-refractivity contribution in [1.82, 2.24) is 14.8 Å². The highest BCUT2D eigenvalue weighted by molar-refractivity contribution is 6.16. The van der Waals surface area contributed by atoms with Crippen molar-refractivity contribution in [2.24, 2.45) is 0 Å². The third-order valence-electron chi connectivity index (χ3n) is 3.55. The van der Waals surface area contributed by atoms with Gasteiger partial charge in [0, 0.05) is 24.3 Å². The van der Waals surface area contributed by atoms with Gasteiger partial charge in [0.1, 0.15) is 11.6 Å². The normalized spacial score (nSPS) is 23.6. The van der Waals surface area contributed by atoms with E-state index in [9.17, 15) is 8.78 Å². The molecule has 0 radical (unpaired) electrons. The molecule has 0 aromatic carbocycles. The van der Waals surface area contributed by atoms with Gasteiger partial charge < -0.3 is 4.57 Å². The summed E-state index contributed by atoms with van der Waals surface area (Å²) in [6.45, 7) is 6.03. The van der Waals surface area contributed by atoms with Gasteiger partial charge in [-0.15, -0.1) is 21.8 Å². The van der Waals surface area contributed by atoms with Crippen LogP contribution in [0.1, 0.15) is 64.0 Å². The van der Waals surface area contributed by atoms with Gasteiger partial charge in [-0.1, -0.05) is 0 Å². The number of nitrogens with zero attached hydrogens (tertiary/aromatic N) is 3. The fraction of sp³-hybridized carbons (Fsp3) is 0.846. The summed E-state index contributed by atoms with van der Waals surface area (Å²) < 4.78 is 29.1. The molecule has 19 heavy (non-hydrogen) atoms. The predicted molar refractivity (Wildman–Crippen MR) is 70.7 cm³/mol. The second kappa shape index (κ2) is 5.00. The highest BCUT2D eigenvalue weighted by atomic mass is 35.5. The molecule has 0 N–H and O–H groups in total. The minimum atomic E-state index is -2.58. The summed E-state index contributed by atoms with van der Waals surface area (Å²) in [6.07, 6.45) is 1.12. The van der Waals surface area contributed by atoms with Crippen molar-refractivity contribution >= 4 is 11.6 Å². The lowest BCUT2D eigenvalue weighted by molar-refractivity contribution is -0.0424. The lowest BCUT2D eigenvalue weighted by atomic mass is 9.85. The smallest absolute Gasteiger partial charge is 0.248 e. The first-order valence-corrected chi connectivity index (χ1v) is 7.16. The fourth-order valence-corrected chi connectivity index (χ4v) is 2.98. The highest BCUT2D eigenvalue weighted by Crippen LogP contribution is 2.42. The summed E-state index contributed by atoms with van der Waals surface area (Å²) in [5.74, 6) is -1.26. The average molecular weight is 292 g/mol. The molecule has 0 aliphatic heterocycles. The van der Waals surface area contributed by atoms with E-state index < -0.39 is 5.92 Å². The van der Waals surface area contributed by atoms with Crippen molar-refractivity contribution in [2.75, 3.05) is 0 Å². The van der Waals surface area contributed by atoms with Crippen LogP contribution in [0, 0.1) is 0 Å². The maximum absolute atomic E-state index is 13.6. The maximum atomic E-state index is 13.6. The van der Waals surface area contributed by atoms with Crippen LogP contribution in [-0.4, -0.2) is 20.7 Å². The zero-order chi connectivity index (χ0) is 14.3. The summed E-state index contributed by atoms with van der Waals surface area (Å²) in [5.41, 5.74) is -0.254. The van der Waals surface area contributed by atoms with Gasteiger partial charge in [-0.3, -0.25) is 0 Å². The Balaban J connectivity index is 2.37. The molecular formula is C13H20ClF2N3. The number of halogens is 3. The summed E-state index contributed by atoms with van der Waals surface area (Å²) in [5, 5.41) is 8.20. The molecule has 1 aromatic rings. The van der Waals surface area contributed by atoms with E-state index in [1.54, 1.807) is 0 Å². The monoisotopic (exact) mass is 291 g/mol. The van der Waals surface area contributed by atoms with E-state index in [2.05, 4.69) is 10.2 Å². The molecule has 0 saturated heterocycles. The molecule has 1 saturated carbocycles. The van der Waals surface area contributed by atoms with Crippen LogP contribution in [0.2, 0.25) is 0 Å². The quantitative estimate of drug-likeness (QED) is 0.769. The first-order valence-electron chi connectivity index (χ1n) is 6.63. The van der Waals surface area contributed by atoms with E-state index in [0.29, 0.717) is 18.1 Å². The molecule has 1 aliphatic carbocycles. The molecule has 0 amide bonds. The molecule has 3 nitrogen and oxygen atoms in total. The maximum Gasteiger partial charge on any atom is 0.248 e. The Morgan fingerprint density at radius 3 is 2.58 bits per heavy atom. The first-order chi connectivity index (χ1) is 8.74. The van der Waals surface area contributed by atoms with Crippen LogP contribution in [0.25, 0.3) is 0 Å². The molecule has 0 spiro atoms. The third-order valence-corrected chi connectivity index (χ3v) is 3.79. The van der Waals surface area contributed by atoms with Crippen LogP contribution < -0.4 is 0 Å². The summed E-state index contributed by atoms with van der Waals surface area (Å²) in [4.78, 5) is 0. The third kappa shape index (κ3) is 3.07. The molecule has 2 rings (SSSR count). The number of hydrogen-bond donors (Lipinski definition) is 0. The minimum Gasteiger partial charge on any atom is -0.308 e. The van der Waals surface area contributed by atoms with Crippen molar-refractivity contribution in [2.45, 2.75) is 69.7 Å². The minimum absolute atomic E-state index is 0.0183. The van der Waals surface area contributed by atoms with Crippen LogP contribution in [0.15, 0.2) is 0 Å². The number of aromatic nitrogens is 3. The summed E-state index contributed by atoms with van der Waals surface area (Å²) in [6, 6.07) is 0. The van der Waals surface area contributed by atoms with Crippen LogP contribution in [0.3, 0.4) is 0 Å². The van der Waals surface area contributed by atoms with Crippen molar-refractivity contribution in [3.63, 3.8) is 0 Å². The van der Waals surface area contributed by atoms with E-state index in [-0.39, 0.29) is 30.2 Å². The van der Waals surface area contributed by atoms with Crippen LogP contribution >= 0.6 is 11.6 Å². The second-order valence-corrected chi connectivity index (χ2v) is 6.53. The molecule has 1 aliphatic rings. The van der Waals surface area contributed by atoms with E-state index in [4.69, 9.17) is 11.6 Å². The van der Waals surface area contributed by atoms with Gasteiger partial charge in [-0.05, 0) is 33.6 Å². The zero-order valence-corrected chi connectivity index (χ0v) is 12.3. The van der Waals surface area contributed by atoms with Crippen LogP contribution in [0.4, 0.5) is 8.78 Å². The van der Waals surface area contributed by atoms with Crippen LogP contribution in [-0.2, 0) is 11.4 Å². The lowest BCUT2D eigenvalue weighted by Gasteiger charge is -2.32. The Morgan fingerprint density at radius 2 is 2.05 bits per heavy atom. The molecule has 0 bridgehead atoms. The van der Waals surface area contributed by atoms with Gasteiger partial charge in [0.05, 0.1) is 5.88 Å². The molecule has 108 valence electrons. The Hall–Kier alpha value is -0.710. The van der Waals surface area contributed by atoms with E-state index >= 15 is 0 Å². The Morgan fingerprint density at radius 1 is 1.37 bits per heavy atom. The van der Waals surface area contributed by atoms with Gasteiger partial charge in [0.25, 0.3) is 0 Å². The predicted octanol–water partition coefficient (Wildman–Crippen LogP) is 4.06. The van der Waals surface area contributed by atoms with E-state index in [0.717, 1.165) is 6.42 Å². The molecule has 6 heteroatoms. The molecule has 1 atom stereocenters. The van der Waals surface area contributed by atoms with Gasteiger partial charge in [-0.25, -0.2) is 8.78 Å².